The van der Waals surface area contributed by atoms with E-state index in [1.54, 1.807) is 18.5 Å². The van der Waals surface area contributed by atoms with E-state index in [2.05, 4.69) is 20.6 Å². The van der Waals surface area contributed by atoms with Crippen LogP contribution in [0.4, 0.5) is 20.3 Å². The van der Waals surface area contributed by atoms with Gasteiger partial charge < -0.3 is 21.1 Å². The summed E-state index contributed by atoms with van der Waals surface area (Å²) in [4.78, 5) is 19.4. The van der Waals surface area contributed by atoms with Gasteiger partial charge in [0, 0.05) is 36.0 Å². The Labute approximate surface area is 184 Å². The van der Waals surface area contributed by atoms with Crippen LogP contribution in [0, 0.1) is 17.6 Å². The Kier molecular flexibility index (Phi) is 6.55. The number of hydrogen-bond acceptors (Lipinski definition) is 6. The van der Waals surface area contributed by atoms with Crippen LogP contribution in [0.5, 0.6) is 5.75 Å². The average Bonchev–Trinajstić information content (AvgIpc) is 2.80. The zero-order chi connectivity index (χ0) is 22.5. The Morgan fingerprint density at radius 1 is 1.25 bits per heavy atom. The molecule has 0 bridgehead atoms. The lowest BCUT2D eigenvalue weighted by Gasteiger charge is -2.23. The van der Waals surface area contributed by atoms with Crippen molar-refractivity contribution in [3.63, 3.8) is 0 Å². The molecule has 9 heteroatoms. The maximum Gasteiger partial charge on any atom is 0.212 e. The Bertz CT molecular complexity index is 1100. The van der Waals surface area contributed by atoms with Gasteiger partial charge in [0.2, 0.25) is 6.41 Å². The van der Waals surface area contributed by atoms with E-state index in [0.29, 0.717) is 35.8 Å². The van der Waals surface area contributed by atoms with E-state index in [1.807, 2.05) is 0 Å². The molecule has 1 saturated heterocycles. The molecule has 3 aromatic rings. The Morgan fingerprint density at radius 3 is 2.78 bits per heavy atom. The van der Waals surface area contributed by atoms with E-state index in [4.69, 9.17) is 10.5 Å². The van der Waals surface area contributed by atoms with Crippen molar-refractivity contribution < 1.29 is 18.3 Å². The summed E-state index contributed by atoms with van der Waals surface area (Å²) in [5.41, 5.74) is 6.69. The van der Waals surface area contributed by atoms with Crippen molar-refractivity contribution in [2.75, 3.05) is 30.7 Å². The fourth-order valence-electron chi connectivity index (χ4n) is 3.80. The normalized spacial score (nSPS) is 15.9. The predicted molar refractivity (Wildman–Crippen MR) is 118 cm³/mol. The Hall–Kier alpha value is -3.59. The van der Waals surface area contributed by atoms with Crippen LogP contribution in [-0.2, 0) is 4.79 Å². The number of hydrogen-bond donors (Lipinski definition) is 3. The molecule has 3 heterocycles. The summed E-state index contributed by atoms with van der Waals surface area (Å²) in [5.74, 6) is -0.724. The third-order valence-electron chi connectivity index (χ3n) is 5.39. The molecule has 0 spiro atoms. The minimum Gasteiger partial charge on any atom is -0.492 e. The summed E-state index contributed by atoms with van der Waals surface area (Å²) in [5, 5.41) is 5.72. The van der Waals surface area contributed by atoms with Gasteiger partial charge in [0.05, 0.1) is 23.6 Å². The second kappa shape index (κ2) is 9.69. The number of aromatic nitrogens is 2. The van der Waals surface area contributed by atoms with Crippen molar-refractivity contribution in [3.05, 3.63) is 54.4 Å². The minimum absolute atomic E-state index is 0.000965. The van der Waals surface area contributed by atoms with Crippen LogP contribution in [-0.4, -0.2) is 36.1 Å². The molecule has 1 aliphatic rings. The van der Waals surface area contributed by atoms with E-state index in [1.165, 1.54) is 12.1 Å². The van der Waals surface area contributed by atoms with Crippen molar-refractivity contribution in [1.29, 1.82) is 0 Å². The van der Waals surface area contributed by atoms with E-state index >= 15 is 0 Å². The number of nitrogens with two attached hydrogens (primary N) is 1. The molecule has 7 nitrogen and oxygen atoms in total. The first kappa shape index (κ1) is 21.6. The molecule has 166 valence electrons. The average molecular weight is 439 g/mol. The number of carbonyl (C=O) groups is 1. The smallest absolute Gasteiger partial charge is 0.212 e. The molecule has 32 heavy (non-hydrogen) atoms. The van der Waals surface area contributed by atoms with Gasteiger partial charge in [-0.1, -0.05) is 6.07 Å². The van der Waals surface area contributed by atoms with Gasteiger partial charge in [-0.05, 0) is 43.7 Å². The highest BCUT2D eigenvalue weighted by Gasteiger charge is 2.22. The predicted octanol–water partition coefficient (Wildman–Crippen LogP) is 3.62. The van der Waals surface area contributed by atoms with Gasteiger partial charge in [-0.3, -0.25) is 9.78 Å². The van der Waals surface area contributed by atoms with Gasteiger partial charge in [-0.15, -0.1) is 0 Å². The van der Waals surface area contributed by atoms with Gasteiger partial charge >= 0.3 is 0 Å². The number of amides is 1. The van der Waals surface area contributed by atoms with Crippen LogP contribution in [0.1, 0.15) is 12.8 Å². The molecule has 0 radical (unpaired) electrons. The molecular formula is C23H23F2N5O2. The topological polar surface area (TPSA) is 102 Å². The summed E-state index contributed by atoms with van der Waals surface area (Å²) >= 11 is 0. The summed E-state index contributed by atoms with van der Waals surface area (Å²) < 4.78 is 35.5. The number of nitrogen functional groups attached to an aromatic ring is 1. The number of halogens is 2. The highest BCUT2D eigenvalue weighted by Crippen LogP contribution is 2.40. The third kappa shape index (κ3) is 4.52. The molecule has 0 aliphatic carbocycles. The highest BCUT2D eigenvalue weighted by molar-refractivity contribution is 5.90. The van der Waals surface area contributed by atoms with Crippen LogP contribution in [0.3, 0.4) is 0 Å². The number of pyridine rings is 2. The van der Waals surface area contributed by atoms with Crippen LogP contribution in [0.2, 0.25) is 0 Å². The van der Waals surface area contributed by atoms with Gasteiger partial charge in [-0.25, -0.2) is 13.8 Å². The minimum atomic E-state index is -0.791. The number of anilines is 2. The zero-order valence-corrected chi connectivity index (χ0v) is 17.3. The molecule has 1 amide bonds. The summed E-state index contributed by atoms with van der Waals surface area (Å²) in [7, 11) is 0. The lowest BCUT2D eigenvalue weighted by Crippen LogP contribution is -2.33. The largest absolute Gasteiger partial charge is 0.492 e. The molecule has 1 fully saturated rings. The number of ether oxygens (including phenoxy) is 1. The molecule has 4 rings (SSSR count). The molecule has 0 saturated carbocycles. The van der Waals surface area contributed by atoms with E-state index in [0.717, 1.165) is 38.1 Å². The standard InChI is InChI=1S/C23H23F2N5O2/c24-17-4-1-5-18(25)21(17)22-15(9-19(26)23(30-22)29-13-31)16-11-28-8-6-20(16)32-12-14-3-2-7-27-10-14/h1,4-6,8-9,11,13-14,27H,2-3,7,10,12,26H2,(H,29,30,31). The third-order valence-corrected chi connectivity index (χ3v) is 5.39. The first-order valence-corrected chi connectivity index (χ1v) is 10.3. The van der Waals surface area contributed by atoms with Gasteiger partial charge in [0.25, 0.3) is 0 Å². The Morgan fingerprint density at radius 2 is 2.06 bits per heavy atom. The maximum absolute atomic E-state index is 14.7. The first-order valence-electron chi connectivity index (χ1n) is 10.3. The van der Waals surface area contributed by atoms with Crippen molar-refractivity contribution in [3.8, 4) is 28.1 Å². The van der Waals surface area contributed by atoms with E-state index in [9.17, 15) is 13.6 Å². The molecule has 1 aliphatic heterocycles. The second-order valence-corrected chi connectivity index (χ2v) is 7.58. The molecular weight excluding hydrogens is 416 g/mol. The lowest BCUT2D eigenvalue weighted by atomic mass is 9.98. The first-order chi connectivity index (χ1) is 15.6. The van der Waals surface area contributed by atoms with Crippen molar-refractivity contribution in [1.82, 2.24) is 15.3 Å². The van der Waals surface area contributed by atoms with E-state index < -0.39 is 11.6 Å². The van der Waals surface area contributed by atoms with Crippen molar-refractivity contribution in [2.24, 2.45) is 5.92 Å². The zero-order valence-electron chi connectivity index (χ0n) is 17.3. The maximum atomic E-state index is 14.7. The summed E-state index contributed by atoms with van der Waals surface area (Å²) in [6, 6.07) is 6.76. The molecule has 2 aromatic heterocycles. The number of benzene rings is 1. The summed E-state index contributed by atoms with van der Waals surface area (Å²) in [6.07, 6.45) is 5.66. The lowest BCUT2D eigenvalue weighted by molar-refractivity contribution is -0.105. The van der Waals surface area contributed by atoms with Crippen LogP contribution in [0.25, 0.3) is 22.4 Å². The van der Waals surface area contributed by atoms with Crippen LogP contribution in [0.15, 0.2) is 42.7 Å². The van der Waals surface area contributed by atoms with Crippen LogP contribution < -0.4 is 21.1 Å². The molecule has 1 unspecified atom stereocenters. The Balaban J connectivity index is 1.81. The van der Waals surface area contributed by atoms with Gasteiger partial charge in [0.1, 0.15) is 17.4 Å². The quantitative estimate of drug-likeness (QED) is 0.486. The highest BCUT2D eigenvalue weighted by atomic mass is 19.1. The second-order valence-electron chi connectivity index (χ2n) is 7.58. The van der Waals surface area contributed by atoms with Gasteiger partial charge in [0.15, 0.2) is 5.82 Å². The molecule has 1 atom stereocenters. The monoisotopic (exact) mass is 439 g/mol. The molecule has 1 aromatic carbocycles. The fourth-order valence-corrected chi connectivity index (χ4v) is 3.80. The SMILES string of the molecule is Nc1cc(-c2cnccc2OCC2CCCNC2)c(-c2c(F)cccc2F)nc1NC=O. The van der Waals surface area contributed by atoms with Crippen LogP contribution >= 0.6 is 0 Å². The summed E-state index contributed by atoms with van der Waals surface area (Å²) in [6.45, 7) is 2.36. The number of nitrogens with one attached hydrogen (secondary N) is 2. The van der Waals surface area contributed by atoms with Gasteiger partial charge in [-0.2, -0.15) is 0 Å². The molecule has 4 N–H and O–H groups in total. The number of rotatable bonds is 7. The fraction of sp³-hybridized carbons (Fsp3) is 0.261. The number of nitrogens with zero attached hydrogens (tertiary/aromatic N) is 2. The van der Waals surface area contributed by atoms with Crippen molar-refractivity contribution in [2.45, 2.75) is 12.8 Å². The number of carbonyl (C=O) groups excluding carboxylic acids is 1. The van der Waals surface area contributed by atoms with Crippen molar-refractivity contribution >= 4 is 17.9 Å². The van der Waals surface area contributed by atoms with E-state index in [-0.39, 0.29) is 22.8 Å². The number of piperidine rings is 1.